The first-order valence-electron chi connectivity index (χ1n) is 11.4. The maximum absolute atomic E-state index is 9.85. The van der Waals surface area contributed by atoms with Crippen LogP contribution in [0, 0.1) is 0 Å². The van der Waals surface area contributed by atoms with Gasteiger partial charge >= 0.3 is 71.6 Å². The first-order chi connectivity index (χ1) is 21.9. The summed E-state index contributed by atoms with van der Waals surface area (Å²) < 4.78 is 0. The zero-order chi connectivity index (χ0) is 40.8. The van der Waals surface area contributed by atoms with E-state index < -0.39 is 115 Å². The number of nitrogens with two attached hydrogens (primary N) is 1. The van der Waals surface area contributed by atoms with Crippen molar-refractivity contribution in [2.45, 2.75) is 56.5 Å². The van der Waals surface area contributed by atoms with Gasteiger partial charge in [0, 0.05) is 0 Å². The average Bonchev–Trinajstić information content (AvgIpc) is 2.91. The Kier molecular flexibility index (Phi) is 35.3. The quantitative estimate of drug-likeness (QED) is 0.0585. The van der Waals surface area contributed by atoms with E-state index in [4.69, 9.17) is 91.9 Å². The predicted octanol–water partition coefficient (Wildman–Crippen LogP) is -5.71. The lowest BCUT2D eigenvalue weighted by Gasteiger charge is -2.07. The minimum atomic E-state index is -2.27. The summed E-state index contributed by atoms with van der Waals surface area (Å²) in [6.07, 6.45) is -9.01. The van der Waals surface area contributed by atoms with E-state index in [9.17, 15) is 47.9 Å². The van der Waals surface area contributed by atoms with Gasteiger partial charge in [0.15, 0.2) is 18.3 Å². The lowest BCUT2D eigenvalue weighted by molar-refractivity contribution is -0.165. The fourth-order valence-electron chi connectivity index (χ4n) is 1.14. The van der Waals surface area contributed by atoms with Crippen molar-refractivity contribution >= 4 is 71.6 Å². The molecule has 0 amide bonds. The fourth-order valence-corrected chi connectivity index (χ4v) is 1.14. The average molecular weight is 729 g/mol. The molecule has 4 atom stereocenters. The van der Waals surface area contributed by atoms with Gasteiger partial charge in [0.25, 0.3) is 0 Å². The minimum Gasteiger partial charge on any atom is -0.481 e. The number of carboxylic acid groups (broad SMARTS) is 12. The fraction of sp³-hybridized carbons (Fsp3) is 0.429. The number of aliphatic hydroxyl groups excluding tert-OH is 3. The van der Waals surface area contributed by atoms with Crippen LogP contribution >= 0.6 is 0 Å². The molecule has 0 radical (unpaired) electrons. The summed E-state index contributed by atoms with van der Waals surface area (Å²) in [5.74, 6) is -17.3. The molecule has 0 rings (SSSR count). The first kappa shape index (κ1) is 54.9. The normalized spacial score (nSPS) is 11.3. The molecule has 49 heavy (non-hydrogen) atoms. The van der Waals surface area contributed by atoms with Crippen LogP contribution in [-0.4, -0.2) is 173 Å². The van der Waals surface area contributed by atoms with Crippen molar-refractivity contribution in [2.75, 3.05) is 0 Å². The molecule has 0 spiro atoms. The highest BCUT2D eigenvalue weighted by Crippen LogP contribution is 1.93. The van der Waals surface area contributed by atoms with E-state index in [0.717, 1.165) is 0 Å². The van der Waals surface area contributed by atoms with Crippen molar-refractivity contribution < 1.29 is 134 Å². The molecule has 0 aromatic carbocycles. The lowest BCUT2D eigenvalue weighted by Crippen LogP contribution is -2.39. The van der Waals surface area contributed by atoms with Crippen LogP contribution in [0.2, 0.25) is 0 Å². The van der Waals surface area contributed by atoms with Gasteiger partial charge in [-0.05, 0) is 0 Å². The number of aliphatic carboxylic acids is 12. The largest absolute Gasteiger partial charge is 0.481 e. The van der Waals surface area contributed by atoms with E-state index >= 15 is 0 Å². The minimum absolute atomic E-state index is 0.296. The van der Waals surface area contributed by atoms with Crippen LogP contribution in [0.25, 0.3) is 0 Å². The smallest absolute Gasteiger partial charge is 0.414 e. The predicted molar refractivity (Wildman–Crippen MR) is 141 cm³/mol. The molecule has 0 heterocycles. The highest BCUT2D eigenvalue weighted by atomic mass is 16.5. The molecule has 0 aromatic rings. The molecule has 0 fully saturated rings. The summed E-state index contributed by atoms with van der Waals surface area (Å²) in [6.45, 7) is 0. The van der Waals surface area contributed by atoms with E-state index in [-0.39, 0.29) is 12.8 Å². The zero-order valence-electron chi connectivity index (χ0n) is 24.0. The van der Waals surface area contributed by atoms with Crippen molar-refractivity contribution in [2.24, 2.45) is 5.73 Å². The monoisotopic (exact) mass is 729 g/mol. The Hall–Kier alpha value is -6.52. The Labute approximate surface area is 268 Å². The standard InChI is InChI=1S/C4H7NO4.C4H6O6.C4H6O5.C4H6O4.C3H4O4.C2H2O4/c5-2(4(8)9)1-3(6)7;5-1(3(7)8)2(6)4(9)10;5-2(4(8)9)1-3(6)7;5-3(6)1-2-4(7)8;4-2(5)1-3(6)7;3-1(4)2(5)6/h2H,1,5H2,(H,6,7)(H,8,9);1-2,5-6H,(H,7,8)(H,9,10);2,5H,1H2,(H,6,7)(H,8,9);1-2H2,(H,5,6)(H,7,8);1H2,(H,4,5)(H,6,7);(H,3,4)(H,5,6). The summed E-state index contributed by atoms with van der Waals surface area (Å²) in [5.41, 5.74) is 4.84. The van der Waals surface area contributed by atoms with Gasteiger partial charge in [-0.2, -0.15) is 0 Å². The molecule has 0 aromatic heterocycles. The number of rotatable bonds is 14. The molecular formula is C21H31NO27. The maximum Gasteiger partial charge on any atom is 0.414 e. The topological polar surface area (TPSA) is 534 Å². The Morgan fingerprint density at radius 2 is 0.673 bits per heavy atom. The highest BCUT2D eigenvalue weighted by molar-refractivity contribution is 6.27. The molecule has 28 heteroatoms. The van der Waals surface area contributed by atoms with E-state index in [2.05, 4.69) is 0 Å². The third-order valence-electron chi connectivity index (χ3n) is 3.21. The summed E-state index contributed by atoms with van der Waals surface area (Å²) in [4.78, 5) is 115. The molecule has 0 saturated heterocycles. The molecule has 0 saturated carbocycles. The van der Waals surface area contributed by atoms with Crippen LogP contribution < -0.4 is 5.73 Å². The van der Waals surface area contributed by atoms with Gasteiger partial charge in [0.05, 0.1) is 25.7 Å². The van der Waals surface area contributed by atoms with Gasteiger partial charge in [-0.15, -0.1) is 0 Å². The molecule has 0 aliphatic heterocycles. The first-order valence-corrected chi connectivity index (χ1v) is 11.4. The Morgan fingerprint density at radius 3 is 0.755 bits per heavy atom. The van der Waals surface area contributed by atoms with Crippen LogP contribution in [0.3, 0.4) is 0 Å². The Morgan fingerprint density at radius 1 is 0.388 bits per heavy atom. The number of hydrogen-bond donors (Lipinski definition) is 16. The Bertz CT molecular complexity index is 1070. The zero-order valence-corrected chi connectivity index (χ0v) is 24.0. The van der Waals surface area contributed by atoms with E-state index in [1.54, 1.807) is 0 Å². The number of carboxylic acids is 12. The van der Waals surface area contributed by atoms with Crippen LogP contribution in [0.5, 0.6) is 0 Å². The SMILES string of the molecule is NC(CC(=O)O)C(=O)O.O=C(O)C(=O)O.O=C(O)C(O)C(O)C(=O)O.O=C(O)CC(=O)O.O=C(O)CC(O)C(=O)O.O=C(O)CCC(=O)O. The second kappa shape index (κ2) is 31.5. The molecular weight excluding hydrogens is 698 g/mol. The molecule has 282 valence electrons. The van der Waals surface area contributed by atoms with Gasteiger partial charge < -0.3 is 82.3 Å². The molecule has 0 aliphatic rings. The third kappa shape index (κ3) is 54.4. The van der Waals surface area contributed by atoms with Crippen molar-refractivity contribution in [3.63, 3.8) is 0 Å². The number of aliphatic hydroxyl groups is 3. The van der Waals surface area contributed by atoms with Gasteiger partial charge in [-0.3, -0.25) is 33.6 Å². The van der Waals surface area contributed by atoms with Crippen LogP contribution in [0.1, 0.15) is 32.1 Å². The van der Waals surface area contributed by atoms with E-state index in [1.165, 1.54) is 0 Å². The summed E-state index contributed by atoms with van der Waals surface area (Å²) in [5, 5.41) is 119. The van der Waals surface area contributed by atoms with Gasteiger partial charge in [0.2, 0.25) is 0 Å². The van der Waals surface area contributed by atoms with Crippen molar-refractivity contribution in [3.8, 4) is 0 Å². The molecule has 4 unspecified atom stereocenters. The van der Waals surface area contributed by atoms with Crippen LogP contribution in [0.15, 0.2) is 0 Å². The molecule has 0 aliphatic carbocycles. The lowest BCUT2D eigenvalue weighted by atomic mass is 10.2. The Balaban J connectivity index is -0.000000114. The molecule has 17 N–H and O–H groups in total. The van der Waals surface area contributed by atoms with E-state index in [0.29, 0.717) is 0 Å². The molecule has 0 bridgehead atoms. The van der Waals surface area contributed by atoms with Gasteiger partial charge in [-0.1, -0.05) is 0 Å². The number of carbonyl (C=O) groups is 12. The summed E-state index contributed by atoms with van der Waals surface area (Å²) in [6, 6.07) is -1.29. The second-order valence-electron chi connectivity index (χ2n) is 7.42. The highest BCUT2D eigenvalue weighted by Gasteiger charge is 2.29. The van der Waals surface area contributed by atoms with Crippen molar-refractivity contribution in [3.05, 3.63) is 0 Å². The van der Waals surface area contributed by atoms with Crippen molar-refractivity contribution in [1.29, 1.82) is 0 Å². The molecule has 28 nitrogen and oxygen atoms in total. The van der Waals surface area contributed by atoms with Crippen LogP contribution in [-0.2, 0) is 57.5 Å². The van der Waals surface area contributed by atoms with Gasteiger partial charge in [0.1, 0.15) is 12.5 Å². The second-order valence-corrected chi connectivity index (χ2v) is 7.42. The summed E-state index contributed by atoms with van der Waals surface area (Å²) >= 11 is 0. The van der Waals surface area contributed by atoms with Crippen LogP contribution in [0.4, 0.5) is 0 Å². The number of hydrogen-bond acceptors (Lipinski definition) is 16. The summed E-state index contributed by atoms with van der Waals surface area (Å²) in [7, 11) is 0. The third-order valence-corrected chi connectivity index (χ3v) is 3.21. The van der Waals surface area contributed by atoms with E-state index in [1.807, 2.05) is 0 Å². The van der Waals surface area contributed by atoms with Gasteiger partial charge in [-0.25, -0.2) is 24.0 Å². The van der Waals surface area contributed by atoms with Crippen molar-refractivity contribution in [1.82, 2.24) is 0 Å². The maximum atomic E-state index is 9.85.